The molecule has 0 bridgehead atoms. The van der Waals surface area contributed by atoms with Gasteiger partial charge in [-0.1, -0.05) is 20.3 Å². The van der Waals surface area contributed by atoms with Gasteiger partial charge in [0.15, 0.2) is 5.78 Å². The smallest absolute Gasteiger partial charge is 0.166 e. The fourth-order valence-electron chi connectivity index (χ4n) is 3.80. The average Bonchev–Trinajstić information content (AvgIpc) is 2.76. The second-order valence-corrected chi connectivity index (χ2v) is 5.92. The summed E-state index contributed by atoms with van der Waals surface area (Å²) in [5.41, 5.74) is 1.58. The Labute approximate surface area is 101 Å². The van der Waals surface area contributed by atoms with Crippen LogP contribution in [0.25, 0.3) is 0 Å². The van der Waals surface area contributed by atoms with Crippen LogP contribution in [-0.4, -0.2) is 5.78 Å². The van der Waals surface area contributed by atoms with Crippen LogP contribution >= 0.6 is 0 Å². The van der Waals surface area contributed by atoms with Gasteiger partial charge in [0.05, 0.1) is 0 Å². The SMILES string of the molecule is CC1(C)c2cc(F)ccc2C(=O)[C@@H]2CCC[C@H]21. The van der Waals surface area contributed by atoms with Gasteiger partial charge in [0, 0.05) is 11.5 Å². The number of fused-ring (bicyclic) bond motifs is 2. The van der Waals surface area contributed by atoms with Crippen molar-refractivity contribution in [3.63, 3.8) is 0 Å². The standard InChI is InChI=1S/C15H17FO/c1-15(2)12-5-3-4-10(12)14(17)11-7-6-9(16)8-13(11)15/h6-8,10,12H,3-5H2,1-2H3/t10-,12-/m1/s1. The molecule has 0 unspecified atom stereocenters. The van der Waals surface area contributed by atoms with Crippen LogP contribution in [0.15, 0.2) is 18.2 Å². The molecule has 0 aliphatic heterocycles. The van der Waals surface area contributed by atoms with E-state index in [1.807, 2.05) is 0 Å². The van der Waals surface area contributed by atoms with E-state index in [2.05, 4.69) is 13.8 Å². The normalized spacial score (nSPS) is 29.9. The minimum Gasteiger partial charge on any atom is -0.294 e. The Morgan fingerprint density at radius 2 is 2.06 bits per heavy atom. The third-order valence-electron chi connectivity index (χ3n) is 4.72. The summed E-state index contributed by atoms with van der Waals surface area (Å²) in [7, 11) is 0. The maximum Gasteiger partial charge on any atom is 0.166 e. The molecule has 0 saturated heterocycles. The minimum absolute atomic E-state index is 0.0769. The van der Waals surface area contributed by atoms with Gasteiger partial charge >= 0.3 is 0 Å². The number of halogens is 1. The van der Waals surface area contributed by atoms with Crippen LogP contribution in [0.4, 0.5) is 4.39 Å². The third-order valence-corrected chi connectivity index (χ3v) is 4.72. The molecule has 0 amide bonds. The molecule has 17 heavy (non-hydrogen) atoms. The Balaban J connectivity index is 2.22. The van der Waals surface area contributed by atoms with E-state index in [-0.39, 0.29) is 22.9 Å². The van der Waals surface area contributed by atoms with Gasteiger partial charge in [-0.25, -0.2) is 4.39 Å². The molecule has 90 valence electrons. The van der Waals surface area contributed by atoms with Crippen LogP contribution in [0, 0.1) is 17.7 Å². The van der Waals surface area contributed by atoms with Gasteiger partial charge in [-0.15, -0.1) is 0 Å². The summed E-state index contributed by atoms with van der Waals surface area (Å²) >= 11 is 0. The molecule has 2 atom stereocenters. The van der Waals surface area contributed by atoms with Gasteiger partial charge in [-0.05, 0) is 47.9 Å². The third kappa shape index (κ3) is 1.39. The number of carbonyl (C=O) groups excluding carboxylic acids is 1. The van der Waals surface area contributed by atoms with E-state index in [9.17, 15) is 9.18 Å². The first kappa shape index (κ1) is 10.9. The first-order valence-corrected chi connectivity index (χ1v) is 6.36. The molecule has 1 fully saturated rings. The molecular weight excluding hydrogens is 215 g/mol. The quantitative estimate of drug-likeness (QED) is 0.666. The van der Waals surface area contributed by atoms with Crippen molar-refractivity contribution < 1.29 is 9.18 Å². The van der Waals surface area contributed by atoms with Gasteiger partial charge in [0.2, 0.25) is 0 Å². The fourth-order valence-corrected chi connectivity index (χ4v) is 3.80. The Morgan fingerprint density at radius 1 is 1.29 bits per heavy atom. The lowest BCUT2D eigenvalue weighted by molar-refractivity contribution is 0.0817. The van der Waals surface area contributed by atoms with E-state index in [1.54, 1.807) is 12.1 Å². The maximum atomic E-state index is 13.4. The predicted molar refractivity (Wildman–Crippen MR) is 64.6 cm³/mol. The molecule has 0 radical (unpaired) electrons. The van der Waals surface area contributed by atoms with Crippen molar-refractivity contribution in [3.05, 3.63) is 35.1 Å². The van der Waals surface area contributed by atoms with Crippen LogP contribution in [0.1, 0.15) is 49.0 Å². The Kier molecular flexibility index (Phi) is 2.19. The molecular formula is C15H17FO. The highest BCUT2D eigenvalue weighted by molar-refractivity contribution is 6.01. The van der Waals surface area contributed by atoms with Crippen LogP contribution < -0.4 is 0 Å². The zero-order valence-electron chi connectivity index (χ0n) is 10.3. The summed E-state index contributed by atoms with van der Waals surface area (Å²) in [5.74, 6) is 0.565. The minimum atomic E-state index is -0.235. The second kappa shape index (κ2) is 3.41. The number of rotatable bonds is 0. The van der Waals surface area contributed by atoms with Gasteiger partial charge in [-0.3, -0.25) is 4.79 Å². The molecule has 0 spiro atoms. The first-order valence-electron chi connectivity index (χ1n) is 6.36. The highest BCUT2D eigenvalue weighted by Gasteiger charge is 2.48. The maximum absolute atomic E-state index is 13.4. The number of hydrogen-bond acceptors (Lipinski definition) is 1. The molecule has 1 aromatic rings. The average molecular weight is 232 g/mol. The first-order chi connectivity index (χ1) is 8.01. The monoisotopic (exact) mass is 232 g/mol. The van der Waals surface area contributed by atoms with Crippen LogP contribution in [-0.2, 0) is 5.41 Å². The van der Waals surface area contributed by atoms with Crippen LogP contribution in [0.2, 0.25) is 0 Å². The predicted octanol–water partition coefficient (Wildman–Crippen LogP) is 3.72. The Bertz CT molecular complexity index is 490. The molecule has 0 aromatic heterocycles. The summed E-state index contributed by atoms with van der Waals surface area (Å²) in [6, 6.07) is 4.63. The number of hydrogen-bond donors (Lipinski definition) is 0. The number of carbonyl (C=O) groups is 1. The van der Waals surface area contributed by atoms with Gasteiger partial charge in [0.1, 0.15) is 5.82 Å². The van der Waals surface area contributed by atoms with Crippen molar-refractivity contribution in [1.29, 1.82) is 0 Å². The molecule has 2 aliphatic rings. The summed E-state index contributed by atoms with van der Waals surface area (Å²) in [4.78, 5) is 12.4. The van der Waals surface area contributed by atoms with Crippen molar-refractivity contribution in [2.45, 2.75) is 38.5 Å². The van der Waals surface area contributed by atoms with Gasteiger partial charge < -0.3 is 0 Å². The molecule has 3 rings (SSSR count). The highest BCUT2D eigenvalue weighted by atomic mass is 19.1. The number of benzene rings is 1. The summed E-state index contributed by atoms with van der Waals surface area (Å²) < 4.78 is 13.4. The van der Waals surface area contributed by atoms with E-state index >= 15 is 0 Å². The Morgan fingerprint density at radius 3 is 2.82 bits per heavy atom. The van der Waals surface area contributed by atoms with E-state index in [0.717, 1.165) is 30.4 Å². The van der Waals surface area contributed by atoms with Gasteiger partial charge in [0.25, 0.3) is 0 Å². The highest BCUT2D eigenvalue weighted by Crippen LogP contribution is 2.51. The zero-order chi connectivity index (χ0) is 12.2. The second-order valence-electron chi connectivity index (χ2n) is 5.92. The molecule has 1 saturated carbocycles. The molecule has 1 aromatic carbocycles. The summed E-state index contributed by atoms with van der Waals surface area (Å²) in [6.07, 6.45) is 3.23. The van der Waals surface area contributed by atoms with Crippen molar-refractivity contribution in [2.24, 2.45) is 11.8 Å². The van der Waals surface area contributed by atoms with Crippen molar-refractivity contribution >= 4 is 5.78 Å². The molecule has 2 heteroatoms. The fraction of sp³-hybridized carbons (Fsp3) is 0.533. The van der Waals surface area contributed by atoms with Gasteiger partial charge in [-0.2, -0.15) is 0 Å². The molecule has 2 aliphatic carbocycles. The van der Waals surface area contributed by atoms with Crippen molar-refractivity contribution in [2.75, 3.05) is 0 Å². The van der Waals surface area contributed by atoms with E-state index < -0.39 is 0 Å². The zero-order valence-corrected chi connectivity index (χ0v) is 10.3. The van der Waals surface area contributed by atoms with E-state index in [4.69, 9.17) is 0 Å². The lowest BCUT2D eigenvalue weighted by Crippen LogP contribution is -2.41. The Hall–Kier alpha value is -1.18. The summed E-state index contributed by atoms with van der Waals surface area (Å²) in [5, 5.41) is 0. The lowest BCUT2D eigenvalue weighted by atomic mass is 9.61. The van der Waals surface area contributed by atoms with Crippen LogP contribution in [0.3, 0.4) is 0 Å². The van der Waals surface area contributed by atoms with Crippen LogP contribution in [0.5, 0.6) is 0 Å². The number of Topliss-reactive ketones (excluding diaryl/α,β-unsaturated/α-hetero) is 1. The lowest BCUT2D eigenvalue weighted by Gasteiger charge is -2.41. The molecule has 0 heterocycles. The van der Waals surface area contributed by atoms with E-state index in [1.165, 1.54) is 6.07 Å². The molecule has 0 N–H and O–H groups in total. The summed E-state index contributed by atoms with van der Waals surface area (Å²) in [6.45, 7) is 4.31. The van der Waals surface area contributed by atoms with E-state index in [0.29, 0.717) is 5.92 Å². The number of ketones is 1. The molecule has 1 nitrogen and oxygen atoms in total. The van der Waals surface area contributed by atoms with Crippen molar-refractivity contribution in [3.8, 4) is 0 Å². The largest absolute Gasteiger partial charge is 0.294 e. The topological polar surface area (TPSA) is 17.1 Å². The van der Waals surface area contributed by atoms with Crippen molar-refractivity contribution in [1.82, 2.24) is 0 Å².